The number of benzene rings is 1. The second kappa shape index (κ2) is 7.76. The summed E-state index contributed by atoms with van der Waals surface area (Å²) in [6, 6.07) is 8.24. The first-order valence-corrected chi connectivity index (χ1v) is 8.24. The van der Waals surface area contributed by atoms with E-state index in [1.165, 1.54) is 0 Å². The number of amides is 2. The van der Waals surface area contributed by atoms with Crippen molar-refractivity contribution in [2.24, 2.45) is 0 Å². The highest BCUT2D eigenvalue weighted by atomic mass is 16.2. The highest BCUT2D eigenvalue weighted by molar-refractivity contribution is 5.94. The number of rotatable bonds is 5. The molecule has 1 aromatic carbocycles. The third kappa shape index (κ3) is 3.87. The average molecular weight is 353 g/mol. The van der Waals surface area contributed by atoms with Gasteiger partial charge in [-0.1, -0.05) is 5.21 Å². The predicted molar refractivity (Wildman–Crippen MR) is 91.9 cm³/mol. The van der Waals surface area contributed by atoms with Gasteiger partial charge in [0, 0.05) is 19.2 Å². The number of nitrogens with one attached hydrogen (secondary N) is 3. The molecule has 2 heterocycles. The van der Waals surface area contributed by atoms with Crippen LogP contribution in [0.2, 0.25) is 0 Å². The third-order valence-electron chi connectivity index (χ3n) is 4.31. The van der Waals surface area contributed by atoms with Gasteiger partial charge in [-0.2, -0.15) is 5.26 Å². The molecule has 3 rings (SSSR count). The van der Waals surface area contributed by atoms with Crippen molar-refractivity contribution in [3.05, 3.63) is 47.3 Å². The molecule has 0 unspecified atom stereocenters. The van der Waals surface area contributed by atoms with Gasteiger partial charge >= 0.3 is 0 Å². The molecule has 1 aliphatic heterocycles. The van der Waals surface area contributed by atoms with Crippen molar-refractivity contribution in [2.75, 3.05) is 13.6 Å². The molecule has 0 aliphatic carbocycles. The maximum atomic E-state index is 12.1. The van der Waals surface area contributed by atoms with Crippen LogP contribution in [-0.2, 0) is 11.3 Å². The Hall–Kier alpha value is -3.25. The molecule has 9 heteroatoms. The Kier molecular flexibility index (Phi) is 5.24. The summed E-state index contributed by atoms with van der Waals surface area (Å²) in [6.45, 7) is 0.885. The van der Waals surface area contributed by atoms with E-state index in [1.54, 1.807) is 42.2 Å². The Balaban J connectivity index is 1.54. The minimum Gasteiger partial charge on any atom is -0.358 e. The van der Waals surface area contributed by atoms with Gasteiger partial charge in [0.2, 0.25) is 5.91 Å². The lowest BCUT2D eigenvalue weighted by atomic mass is 10.1. The Morgan fingerprint density at radius 1 is 1.38 bits per heavy atom. The van der Waals surface area contributed by atoms with Gasteiger partial charge in [-0.25, -0.2) is 4.68 Å². The van der Waals surface area contributed by atoms with E-state index in [0.29, 0.717) is 29.8 Å². The number of nitrogens with zero attached hydrogens (tertiary/aromatic N) is 4. The molecule has 0 bridgehead atoms. The van der Waals surface area contributed by atoms with Crippen LogP contribution in [0.15, 0.2) is 30.5 Å². The van der Waals surface area contributed by atoms with Gasteiger partial charge in [-0.15, -0.1) is 5.10 Å². The fraction of sp³-hybridized carbons (Fsp3) is 0.353. The van der Waals surface area contributed by atoms with Gasteiger partial charge in [0.05, 0.1) is 36.5 Å². The van der Waals surface area contributed by atoms with E-state index >= 15 is 0 Å². The fourth-order valence-corrected chi connectivity index (χ4v) is 2.83. The largest absolute Gasteiger partial charge is 0.358 e. The lowest BCUT2D eigenvalue weighted by molar-refractivity contribution is -0.122. The summed E-state index contributed by atoms with van der Waals surface area (Å²) in [5, 5.41) is 25.5. The summed E-state index contributed by atoms with van der Waals surface area (Å²) in [7, 11) is 1.61. The molecule has 9 nitrogen and oxygen atoms in total. The number of carbonyl (C=O) groups is 2. The highest BCUT2D eigenvalue weighted by Crippen LogP contribution is 2.19. The maximum Gasteiger partial charge on any atom is 0.251 e. The summed E-state index contributed by atoms with van der Waals surface area (Å²) in [5.74, 6) is -0.284. The zero-order valence-electron chi connectivity index (χ0n) is 14.3. The van der Waals surface area contributed by atoms with Crippen molar-refractivity contribution < 1.29 is 9.59 Å². The molecule has 1 aliphatic rings. The second-order valence-electron chi connectivity index (χ2n) is 6.03. The van der Waals surface area contributed by atoms with Crippen LogP contribution in [0.25, 0.3) is 0 Å². The van der Waals surface area contributed by atoms with E-state index < -0.39 is 0 Å². The molecule has 1 saturated heterocycles. The van der Waals surface area contributed by atoms with E-state index in [1.807, 2.05) is 6.07 Å². The topological polar surface area (TPSA) is 125 Å². The molecule has 0 saturated carbocycles. The summed E-state index contributed by atoms with van der Waals surface area (Å²) >= 11 is 0. The van der Waals surface area contributed by atoms with Crippen LogP contribution in [0, 0.1) is 11.3 Å². The second-order valence-corrected chi connectivity index (χ2v) is 6.03. The molecule has 1 fully saturated rings. The first kappa shape index (κ1) is 17.6. The monoisotopic (exact) mass is 353 g/mol. The molecule has 26 heavy (non-hydrogen) atoms. The maximum absolute atomic E-state index is 12.1. The van der Waals surface area contributed by atoms with Gasteiger partial charge in [0.25, 0.3) is 5.91 Å². The van der Waals surface area contributed by atoms with Gasteiger partial charge in [0.15, 0.2) is 0 Å². The number of carbonyl (C=O) groups excluding carboxylic acids is 2. The van der Waals surface area contributed by atoms with Crippen molar-refractivity contribution in [2.45, 2.75) is 25.0 Å². The van der Waals surface area contributed by atoms with Gasteiger partial charge < -0.3 is 16.0 Å². The zero-order chi connectivity index (χ0) is 18.5. The van der Waals surface area contributed by atoms with Gasteiger partial charge in [0.1, 0.15) is 5.69 Å². The predicted octanol–water partition coefficient (Wildman–Crippen LogP) is -0.271. The molecule has 0 radical (unpaired) electrons. The summed E-state index contributed by atoms with van der Waals surface area (Å²) in [4.78, 5) is 23.8. The summed E-state index contributed by atoms with van der Waals surface area (Å²) in [5.41, 5.74) is 1.62. The molecular formula is C17H19N7O2. The van der Waals surface area contributed by atoms with E-state index in [9.17, 15) is 9.59 Å². The zero-order valence-corrected chi connectivity index (χ0v) is 14.3. The first-order valence-electron chi connectivity index (χ1n) is 8.24. The van der Waals surface area contributed by atoms with E-state index in [0.717, 1.165) is 0 Å². The van der Waals surface area contributed by atoms with Crippen LogP contribution in [0.3, 0.4) is 0 Å². The quantitative estimate of drug-likeness (QED) is 0.679. The van der Waals surface area contributed by atoms with Gasteiger partial charge in [-0.3, -0.25) is 9.59 Å². The van der Waals surface area contributed by atoms with Crippen molar-refractivity contribution in [3.8, 4) is 6.07 Å². The van der Waals surface area contributed by atoms with Crippen molar-refractivity contribution in [1.29, 1.82) is 5.26 Å². The van der Waals surface area contributed by atoms with E-state index in [4.69, 9.17) is 5.26 Å². The molecule has 2 amide bonds. The smallest absolute Gasteiger partial charge is 0.251 e. The van der Waals surface area contributed by atoms with Crippen LogP contribution >= 0.6 is 0 Å². The number of likely N-dealkylation sites (N-methyl/N-ethyl adjacent to an activating group) is 1. The van der Waals surface area contributed by atoms with Crippen LogP contribution in [0.4, 0.5) is 0 Å². The fourth-order valence-electron chi connectivity index (χ4n) is 2.83. The van der Waals surface area contributed by atoms with Crippen molar-refractivity contribution in [1.82, 2.24) is 30.9 Å². The van der Waals surface area contributed by atoms with E-state index in [2.05, 4.69) is 26.3 Å². The molecule has 2 atom stereocenters. The summed E-state index contributed by atoms with van der Waals surface area (Å²) in [6.07, 6.45) is 2.41. The van der Waals surface area contributed by atoms with E-state index in [-0.39, 0.29) is 30.4 Å². The molecular weight excluding hydrogens is 334 g/mol. The minimum atomic E-state index is -0.244. The Morgan fingerprint density at radius 2 is 2.15 bits per heavy atom. The normalized spacial score (nSPS) is 18.9. The molecule has 134 valence electrons. The standard InChI is InChI=1S/C17H19N7O2/c1-19-17(26)15-6-14(9-20-15)24-10-13(22-23-24)8-21-16(25)12-4-2-11(7-18)3-5-12/h2-5,10,14-15,20H,6,8-9H2,1H3,(H,19,26)(H,21,25)/t14-,15+/m1/s1. The molecule has 0 spiro atoms. The van der Waals surface area contributed by atoms with Crippen LogP contribution in [0.5, 0.6) is 0 Å². The Morgan fingerprint density at radius 3 is 2.85 bits per heavy atom. The molecule has 1 aromatic heterocycles. The number of hydrogen-bond donors (Lipinski definition) is 3. The van der Waals surface area contributed by atoms with Crippen molar-refractivity contribution in [3.63, 3.8) is 0 Å². The van der Waals surface area contributed by atoms with Crippen LogP contribution in [0.1, 0.15) is 34.1 Å². The SMILES string of the molecule is CNC(=O)[C@@H]1C[C@@H](n2cc(CNC(=O)c3ccc(C#N)cc3)nn2)CN1. The van der Waals surface area contributed by atoms with Gasteiger partial charge in [-0.05, 0) is 30.7 Å². The van der Waals surface area contributed by atoms with Crippen LogP contribution < -0.4 is 16.0 Å². The van der Waals surface area contributed by atoms with Crippen LogP contribution in [-0.4, -0.2) is 46.4 Å². The Bertz CT molecular complexity index is 838. The molecule has 2 aromatic rings. The lowest BCUT2D eigenvalue weighted by Gasteiger charge is -2.08. The third-order valence-corrected chi connectivity index (χ3v) is 4.31. The average Bonchev–Trinajstić information content (AvgIpc) is 3.35. The summed E-state index contributed by atoms with van der Waals surface area (Å²) < 4.78 is 1.72. The first-order chi connectivity index (χ1) is 12.6. The lowest BCUT2D eigenvalue weighted by Crippen LogP contribution is -2.38. The number of hydrogen-bond acceptors (Lipinski definition) is 6. The Labute approximate surface area is 150 Å². The highest BCUT2D eigenvalue weighted by Gasteiger charge is 2.30. The molecule has 3 N–H and O–H groups in total. The number of nitriles is 1. The number of aromatic nitrogens is 3. The van der Waals surface area contributed by atoms with Crippen molar-refractivity contribution >= 4 is 11.8 Å². The minimum absolute atomic E-state index is 0.0393.